The summed E-state index contributed by atoms with van der Waals surface area (Å²) in [5.74, 6) is 5.28. The first-order chi connectivity index (χ1) is 8.17. The molecule has 0 aliphatic rings. The summed E-state index contributed by atoms with van der Waals surface area (Å²) >= 11 is 0. The van der Waals surface area contributed by atoms with Gasteiger partial charge in [-0.3, -0.25) is 9.59 Å². The average molecular weight is 230 g/mol. The summed E-state index contributed by atoms with van der Waals surface area (Å²) in [5.41, 5.74) is 2.32. The van der Waals surface area contributed by atoms with Crippen molar-refractivity contribution in [3.63, 3.8) is 0 Å². The van der Waals surface area contributed by atoms with Gasteiger partial charge in [-0.05, 0) is 25.5 Å². The summed E-state index contributed by atoms with van der Waals surface area (Å²) in [7, 11) is 0. The fourth-order valence-electron chi connectivity index (χ4n) is 1.27. The monoisotopic (exact) mass is 230 g/mol. The first-order valence-electron chi connectivity index (χ1n) is 5.37. The molecule has 0 bridgehead atoms. The number of benzene rings is 1. The topological polar surface area (TPSA) is 43.4 Å². The first-order valence-corrected chi connectivity index (χ1v) is 5.37. The van der Waals surface area contributed by atoms with Crippen LogP contribution in [0, 0.1) is 18.8 Å². The Hall–Kier alpha value is -2.08. The second-order valence-electron chi connectivity index (χ2n) is 3.48. The minimum Gasteiger partial charge on any atom is -0.465 e. The summed E-state index contributed by atoms with van der Waals surface area (Å²) in [5, 5.41) is 0. The minimum absolute atomic E-state index is 0.0681. The van der Waals surface area contributed by atoms with Crippen molar-refractivity contribution in [2.24, 2.45) is 0 Å². The van der Waals surface area contributed by atoms with Gasteiger partial charge in [-0.15, -0.1) is 0 Å². The van der Waals surface area contributed by atoms with Gasteiger partial charge in [0.1, 0.15) is 12.7 Å². The molecule has 88 valence electrons. The highest BCUT2D eigenvalue weighted by Crippen LogP contribution is 2.08. The fraction of sp³-hybridized carbons (Fsp3) is 0.286. The number of esters is 1. The molecule has 1 rings (SSSR count). The van der Waals surface area contributed by atoms with E-state index in [0.717, 1.165) is 17.4 Å². The van der Waals surface area contributed by atoms with E-state index in [1.807, 2.05) is 13.0 Å². The number of carbonyl (C=O) groups is 2. The van der Waals surface area contributed by atoms with Crippen molar-refractivity contribution in [3.8, 4) is 11.8 Å². The van der Waals surface area contributed by atoms with Gasteiger partial charge in [0.25, 0.3) is 0 Å². The van der Waals surface area contributed by atoms with E-state index in [0.29, 0.717) is 12.2 Å². The largest absolute Gasteiger partial charge is 0.465 e. The van der Waals surface area contributed by atoms with Crippen molar-refractivity contribution < 1.29 is 14.3 Å². The van der Waals surface area contributed by atoms with Gasteiger partial charge in [-0.1, -0.05) is 24.0 Å². The number of hydrogen-bond acceptors (Lipinski definition) is 3. The van der Waals surface area contributed by atoms with Crippen LogP contribution < -0.4 is 0 Å². The van der Waals surface area contributed by atoms with Gasteiger partial charge in [-0.2, -0.15) is 0 Å². The molecule has 0 spiro atoms. The van der Waals surface area contributed by atoms with Crippen LogP contribution in [-0.2, 0) is 9.53 Å². The maximum atomic E-state index is 11.1. The van der Waals surface area contributed by atoms with E-state index >= 15 is 0 Å². The van der Waals surface area contributed by atoms with E-state index in [2.05, 4.69) is 11.8 Å². The minimum atomic E-state index is -0.329. The zero-order valence-corrected chi connectivity index (χ0v) is 9.95. The lowest BCUT2D eigenvalue weighted by Crippen LogP contribution is -2.01. The number of ether oxygens (including phenoxy) is 1. The number of aryl methyl sites for hydroxylation is 1. The lowest BCUT2D eigenvalue weighted by Gasteiger charge is -1.98. The molecule has 0 saturated carbocycles. The molecule has 0 heterocycles. The molecule has 3 heteroatoms. The Balaban J connectivity index is 2.77. The van der Waals surface area contributed by atoms with Crippen molar-refractivity contribution in [1.29, 1.82) is 0 Å². The predicted octanol–water partition coefficient (Wildman–Crippen LogP) is 2.11. The zero-order chi connectivity index (χ0) is 12.7. The number of hydrogen-bond donors (Lipinski definition) is 0. The number of rotatable bonds is 3. The third-order valence-electron chi connectivity index (χ3n) is 2.16. The molecule has 0 unspecified atom stereocenters. The molecule has 0 aliphatic carbocycles. The van der Waals surface area contributed by atoms with Crippen molar-refractivity contribution in [1.82, 2.24) is 0 Å². The Morgan fingerprint density at radius 3 is 2.88 bits per heavy atom. The molecule has 0 saturated heterocycles. The van der Waals surface area contributed by atoms with Crippen LogP contribution >= 0.6 is 0 Å². The molecule has 0 amide bonds. The normalized spacial score (nSPS) is 9.06. The van der Waals surface area contributed by atoms with Crippen molar-refractivity contribution in [2.75, 3.05) is 6.61 Å². The van der Waals surface area contributed by atoms with Crippen LogP contribution in [0.3, 0.4) is 0 Å². The van der Waals surface area contributed by atoms with Gasteiger partial charge >= 0.3 is 5.97 Å². The van der Waals surface area contributed by atoms with Gasteiger partial charge < -0.3 is 4.74 Å². The van der Waals surface area contributed by atoms with Crippen LogP contribution in [0.2, 0.25) is 0 Å². The SMILES string of the molecule is CCOC(=O)CC#Cc1cc(C=O)ccc1C. The number of aldehydes is 1. The molecule has 17 heavy (non-hydrogen) atoms. The Labute approximate surface area is 101 Å². The third kappa shape index (κ3) is 4.12. The second-order valence-corrected chi connectivity index (χ2v) is 3.48. The molecule has 0 fully saturated rings. The summed E-state index contributed by atoms with van der Waals surface area (Å²) in [6.07, 6.45) is 0.842. The maximum absolute atomic E-state index is 11.1. The lowest BCUT2D eigenvalue weighted by molar-refractivity contribution is -0.141. The molecule has 0 N–H and O–H groups in total. The van der Waals surface area contributed by atoms with E-state index in [4.69, 9.17) is 4.74 Å². The second kappa shape index (κ2) is 6.49. The lowest BCUT2D eigenvalue weighted by atomic mass is 10.1. The molecular weight excluding hydrogens is 216 g/mol. The van der Waals surface area contributed by atoms with E-state index < -0.39 is 0 Å². The molecule has 0 atom stereocenters. The van der Waals surface area contributed by atoms with Crippen LogP contribution in [-0.4, -0.2) is 18.9 Å². The molecule has 0 radical (unpaired) electrons. The highest BCUT2D eigenvalue weighted by molar-refractivity contribution is 5.76. The molecule has 0 aliphatic heterocycles. The Kier molecular flexibility index (Phi) is 4.96. The van der Waals surface area contributed by atoms with Crippen molar-refractivity contribution in [3.05, 3.63) is 34.9 Å². The highest BCUT2D eigenvalue weighted by Gasteiger charge is 1.98. The average Bonchev–Trinajstić information content (AvgIpc) is 2.32. The summed E-state index contributed by atoms with van der Waals surface area (Å²) < 4.78 is 4.76. The summed E-state index contributed by atoms with van der Waals surface area (Å²) in [6, 6.07) is 5.28. The van der Waals surface area contributed by atoms with Gasteiger partial charge in [0.05, 0.1) is 6.61 Å². The van der Waals surface area contributed by atoms with Gasteiger partial charge in [-0.25, -0.2) is 0 Å². The number of carbonyl (C=O) groups excluding carboxylic acids is 2. The van der Waals surface area contributed by atoms with E-state index in [1.54, 1.807) is 19.1 Å². The van der Waals surface area contributed by atoms with E-state index in [1.165, 1.54) is 0 Å². The van der Waals surface area contributed by atoms with Gasteiger partial charge in [0, 0.05) is 11.1 Å². The van der Waals surface area contributed by atoms with E-state index in [-0.39, 0.29) is 12.4 Å². The molecule has 1 aromatic carbocycles. The van der Waals surface area contributed by atoms with Crippen LogP contribution in [0.4, 0.5) is 0 Å². The smallest absolute Gasteiger partial charge is 0.317 e. The van der Waals surface area contributed by atoms with Crippen molar-refractivity contribution >= 4 is 12.3 Å². The van der Waals surface area contributed by atoms with Gasteiger partial charge in [0.15, 0.2) is 0 Å². The fourth-order valence-corrected chi connectivity index (χ4v) is 1.27. The first kappa shape index (κ1) is 13.0. The van der Waals surface area contributed by atoms with Crippen molar-refractivity contribution in [2.45, 2.75) is 20.3 Å². The summed E-state index contributed by atoms with van der Waals surface area (Å²) in [6.45, 7) is 4.02. The summed E-state index contributed by atoms with van der Waals surface area (Å²) in [4.78, 5) is 21.7. The van der Waals surface area contributed by atoms with Gasteiger partial charge in [0.2, 0.25) is 0 Å². The highest BCUT2D eigenvalue weighted by atomic mass is 16.5. The van der Waals surface area contributed by atoms with Crippen LogP contribution in [0.15, 0.2) is 18.2 Å². The third-order valence-corrected chi connectivity index (χ3v) is 2.16. The van der Waals surface area contributed by atoms with Crippen LogP contribution in [0.1, 0.15) is 34.8 Å². The Morgan fingerprint density at radius 2 is 2.24 bits per heavy atom. The molecular formula is C14H14O3. The van der Waals surface area contributed by atoms with Crippen LogP contribution in [0.5, 0.6) is 0 Å². The molecule has 0 aromatic heterocycles. The predicted molar refractivity (Wildman–Crippen MR) is 64.7 cm³/mol. The maximum Gasteiger partial charge on any atom is 0.317 e. The Bertz CT molecular complexity index is 478. The quantitative estimate of drug-likeness (QED) is 0.454. The molecule has 3 nitrogen and oxygen atoms in total. The molecule has 1 aromatic rings. The standard InChI is InChI=1S/C14H14O3/c1-3-17-14(16)6-4-5-13-9-12(10-15)8-7-11(13)2/h7-10H,3,6H2,1-2H3. The van der Waals surface area contributed by atoms with E-state index in [9.17, 15) is 9.59 Å². The zero-order valence-electron chi connectivity index (χ0n) is 9.95. The Morgan fingerprint density at radius 1 is 1.47 bits per heavy atom. The van der Waals surface area contributed by atoms with Crippen LogP contribution in [0.25, 0.3) is 0 Å².